The van der Waals surface area contributed by atoms with E-state index >= 15 is 0 Å². The topological polar surface area (TPSA) is 46.6 Å². The minimum atomic E-state index is -0.689. The third kappa shape index (κ3) is 6.17. The van der Waals surface area contributed by atoms with Gasteiger partial charge in [0.15, 0.2) is 6.61 Å². The maximum absolute atomic E-state index is 13.0. The number of carbonyl (C=O) groups is 2. The number of likely N-dealkylation sites (N-methyl/N-ethyl adjacent to an activating group) is 1. The van der Waals surface area contributed by atoms with Crippen LogP contribution < -0.4 is 0 Å². The Hall–Kier alpha value is -2.37. The molecule has 0 saturated carbocycles. The molecule has 0 aromatic heterocycles. The fraction of sp³-hybridized carbons (Fsp3) is 0.158. The number of ether oxygens (including phenoxy) is 1. The number of nitrogens with zero attached hydrogens (tertiary/aromatic N) is 1. The molecule has 0 spiro atoms. The van der Waals surface area contributed by atoms with Gasteiger partial charge in [-0.1, -0.05) is 41.4 Å². The lowest BCUT2D eigenvalue weighted by molar-refractivity contribution is -0.147. The number of rotatable bonds is 6. The number of halogens is 3. The summed E-state index contributed by atoms with van der Waals surface area (Å²) in [4.78, 5) is 25.1. The van der Waals surface area contributed by atoms with Gasteiger partial charge in [-0.3, -0.25) is 4.79 Å². The second-order valence-corrected chi connectivity index (χ2v) is 6.31. The highest BCUT2D eigenvalue weighted by molar-refractivity contribution is 6.42. The highest BCUT2D eigenvalue weighted by Gasteiger charge is 2.12. The summed E-state index contributed by atoms with van der Waals surface area (Å²) in [5.74, 6) is -1.46. The predicted octanol–water partition coefficient (Wildman–Crippen LogP) is 4.35. The quantitative estimate of drug-likeness (QED) is 0.539. The molecule has 0 bridgehead atoms. The van der Waals surface area contributed by atoms with Gasteiger partial charge in [-0.2, -0.15) is 0 Å². The molecular weight excluding hydrogens is 380 g/mol. The number of hydrogen-bond acceptors (Lipinski definition) is 3. The van der Waals surface area contributed by atoms with Crippen LogP contribution in [0.4, 0.5) is 4.39 Å². The summed E-state index contributed by atoms with van der Waals surface area (Å²) in [5.41, 5.74) is 1.32. The summed E-state index contributed by atoms with van der Waals surface area (Å²) in [6.45, 7) is -0.101. The Morgan fingerprint density at radius 1 is 1.15 bits per heavy atom. The lowest BCUT2D eigenvalue weighted by Gasteiger charge is -2.17. The number of hydrogen-bond donors (Lipinski definition) is 0. The van der Waals surface area contributed by atoms with Gasteiger partial charge in [-0.25, -0.2) is 9.18 Å². The van der Waals surface area contributed by atoms with Gasteiger partial charge in [-0.15, -0.1) is 0 Å². The normalized spacial score (nSPS) is 10.8. The van der Waals surface area contributed by atoms with Gasteiger partial charge in [-0.05, 0) is 41.5 Å². The molecule has 0 aliphatic carbocycles. The highest BCUT2D eigenvalue weighted by atomic mass is 35.5. The molecule has 0 aliphatic heterocycles. The fourth-order valence-electron chi connectivity index (χ4n) is 2.07. The zero-order valence-corrected chi connectivity index (χ0v) is 15.4. The standard InChI is InChI=1S/C19H16Cl2FNO3/c1-23(11-14-5-7-16(20)17(21)10-14)18(24)12-26-19(25)8-6-13-3-2-4-15(22)9-13/h2-10H,11-12H2,1H3/b8-6+. The van der Waals surface area contributed by atoms with E-state index in [0.717, 1.165) is 11.6 Å². The van der Waals surface area contributed by atoms with Crippen LogP contribution in [0.15, 0.2) is 48.5 Å². The maximum atomic E-state index is 13.0. The summed E-state index contributed by atoms with van der Waals surface area (Å²) in [6, 6.07) is 10.8. The van der Waals surface area contributed by atoms with Crippen LogP contribution in [0.25, 0.3) is 6.08 Å². The van der Waals surface area contributed by atoms with Crippen LogP contribution in [0.5, 0.6) is 0 Å². The maximum Gasteiger partial charge on any atom is 0.331 e. The fourth-order valence-corrected chi connectivity index (χ4v) is 2.39. The van der Waals surface area contributed by atoms with Crippen molar-refractivity contribution in [1.82, 2.24) is 4.90 Å². The van der Waals surface area contributed by atoms with E-state index in [9.17, 15) is 14.0 Å². The Labute approximate surface area is 160 Å². The van der Waals surface area contributed by atoms with Crippen molar-refractivity contribution in [1.29, 1.82) is 0 Å². The van der Waals surface area contributed by atoms with Gasteiger partial charge in [0.1, 0.15) is 5.82 Å². The van der Waals surface area contributed by atoms with Gasteiger partial charge >= 0.3 is 5.97 Å². The third-order valence-electron chi connectivity index (χ3n) is 3.43. The van der Waals surface area contributed by atoms with Crippen LogP contribution in [-0.4, -0.2) is 30.4 Å². The molecule has 0 saturated heterocycles. The van der Waals surface area contributed by atoms with Gasteiger partial charge in [0.05, 0.1) is 10.0 Å². The van der Waals surface area contributed by atoms with Gasteiger partial charge in [0.25, 0.3) is 5.91 Å². The van der Waals surface area contributed by atoms with E-state index in [0.29, 0.717) is 22.2 Å². The van der Waals surface area contributed by atoms with E-state index in [4.69, 9.17) is 27.9 Å². The van der Waals surface area contributed by atoms with Crippen LogP contribution in [0.2, 0.25) is 10.0 Å². The lowest BCUT2D eigenvalue weighted by atomic mass is 10.2. The first-order valence-electron chi connectivity index (χ1n) is 7.63. The smallest absolute Gasteiger partial charge is 0.331 e. The van der Waals surface area contributed by atoms with E-state index in [1.165, 1.54) is 29.2 Å². The SMILES string of the molecule is CN(Cc1ccc(Cl)c(Cl)c1)C(=O)COC(=O)/C=C/c1cccc(F)c1. The van der Waals surface area contributed by atoms with Crippen LogP contribution in [0, 0.1) is 5.82 Å². The van der Waals surface area contributed by atoms with E-state index in [1.54, 1.807) is 31.3 Å². The number of amides is 1. The molecule has 0 aliphatic rings. The van der Waals surface area contributed by atoms with E-state index in [-0.39, 0.29) is 5.91 Å². The average molecular weight is 396 g/mol. The lowest BCUT2D eigenvalue weighted by Crippen LogP contribution is -2.30. The number of esters is 1. The second-order valence-electron chi connectivity index (χ2n) is 5.49. The molecule has 2 rings (SSSR count). The summed E-state index contributed by atoms with van der Waals surface area (Å²) >= 11 is 11.8. The summed E-state index contributed by atoms with van der Waals surface area (Å²) in [6.07, 6.45) is 2.55. The molecule has 4 nitrogen and oxygen atoms in total. The summed E-state index contributed by atoms with van der Waals surface area (Å²) in [7, 11) is 1.58. The van der Waals surface area contributed by atoms with Crippen molar-refractivity contribution in [3.63, 3.8) is 0 Å². The van der Waals surface area contributed by atoms with Gasteiger partial charge in [0.2, 0.25) is 0 Å². The van der Waals surface area contributed by atoms with Crippen LogP contribution in [0.3, 0.4) is 0 Å². The molecule has 0 heterocycles. The van der Waals surface area contributed by atoms with Crippen molar-refractivity contribution in [2.45, 2.75) is 6.54 Å². The minimum absolute atomic E-state index is 0.298. The van der Waals surface area contributed by atoms with Gasteiger partial charge in [0, 0.05) is 19.7 Å². The highest BCUT2D eigenvalue weighted by Crippen LogP contribution is 2.23. The average Bonchev–Trinajstić information content (AvgIpc) is 2.61. The van der Waals surface area contributed by atoms with E-state index in [1.807, 2.05) is 0 Å². The molecule has 2 aromatic rings. The predicted molar refractivity (Wildman–Crippen MR) is 99.3 cm³/mol. The van der Waals surface area contributed by atoms with Crippen LogP contribution in [0.1, 0.15) is 11.1 Å². The van der Waals surface area contributed by atoms with E-state index in [2.05, 4.69) is 0 Å². The zero-order valence-electron chi connectivity index (χ0n) is 13.9. The Morgan fingerprint density at radius 2 is 1.92 bits per heavy atom. The first-order valence-corrected chi connectivity index (χ1v) is 8.39. The molecule has 0 atom stereocenters. The Balaban J connectivity index is 1.83. The molecule has 0 fully saturated rings. The third-order valence-corrected chi connectivity index (χ3v) is 4.17. The first kappa shape index (κ1) is 19.9. The largest absolute Gasteiger partial charge is 0.452 e. The summed E-state index contributed by atoms with van der Waals surface area (Å²) < 4.78 is 17.9. The molecule has 26 heavy (non-hydrogen) atoms. The van der Waals surface area contributed by atoms with Crippen molar-refractivity contribution in [3.8, 4) is 0 Å². The van der Waals surface area contributed by atoms with Crippen molar-refractivity contribution < 1.29 is 18.7 Å². The van der Waals surface area contributed by atoms with Gasteiger partial charge < -0.3 is 9.64 Å². The monoisotopic (exact) mass is 395 g/mol. The molecule has 0 radical (unpaired) electrons. The Kier molecular flexibility index (Phi) is 7.18. The molecule has 0 N–H and O–H groups in total. The van der Waals surface area contributed by atoms with Crippen molar-refractivity contribution in [3.05, 3.63) is 75.5 Å². The molecule has 136 valence electrons. The van der Waals surface area contributed by atoms with Crippen LogP contribution >= 0.6 is 23.2 Å². The Morgan fingerprint density at radius 3 is 2.62 bits per heavy atom. The number of benzene rings is 2. The zero-order chi connectivity index (χ0) is 19.1. The second kappa shape index (κ2) is 9.36. The van der Waals surface area contributed by atoms with E-state index < -0.39 is 18.4 Å². The first-order chi connectivity index (χ1) is 12.3. The number of carbonyl (C=O) groups excluding carboxylic acids is 2. The van der Waals surface area contributed by atoms with Crippen molar-refractivity contribution in [2.75, 3.05) is 13.7 Å². The Bertz CT molecular complexity index is 839. The van der Waals surface area contributed by atoms with Crippen molar-refractivity contribution >= 4 is 41.2 Å². The van der Waals surface area contributed by atoms with Crippen LogP contribution in [-0.2, 0) is 20.9 Å². The minimum Gasteiger partial charge on any atom is -0.452 e. The molecule has 0 unspecified atom stereocenters. The summed E-state index contributed by atoms with van der Waals surface area (Å²) in [5, 5.41) is 0.836. The molecular formula is C19H16Cl2FNO3. The van der Waals surface area contributed by atoms with Crippen molar-refractivity contribution in [2.24, 2.45) is 0 Å². The molecule has 1 amide bonds. The molecule has 2 aromatic carbocycles. The molecule has 7 heteroatoms.